The number of carbonyl (C=O) groups is 2. The Morgan fingerprint density at radius 2 is 2.07 bits per heavy atom. The third-order valence-corrected chi connectivity index (χ3v) is 5.71. The average molecular weight is 385 g/mol. The number of benzene rings is 1. The van der Waals surface area contributed by atoms with E-state index in [2.05, 4.69) is 5.32 Å². The van der Waals surface area contributed by atoms with Crippen LogP contribution in [0.5, 0.6) is 0 Å². The van der Waals surface area contributed by atoms with Gasteiger partial charge in [-0.25, -0.2) is 0 Å². The standard InChI is InChI=1S/C21H24N2O3S/c1-26-15-13-22-21(25)19-11-10-18(27-19)17-8-5-14-23(17)20(24)12-9-16-6-3-2-4-7-16/h2-4,6-7,9-12,17H,5,8,13-15H2,1H3,(H,22,25)/b12-9+/t17-/m1/s1. The summed E-state index contributed by atoms with van der Waals surface area (Å²) in [6, 6.07) is 13.6. The molecular formula is C21H24N2O3S. The summed E-state index contributed by atoms with van der Waals surface area (Å²) < 4.78 is 4.95. The highest BCUT2D eigenvalue weighted by atomic mass is 32.1. The van der Waals surface area contributed by atoms with Crippen LogP contribution in [0.4, 0.5) is 0 Å². The fourth-order valence-electron chi connectivity index (χ4n) is 3.16. The smallest absolute Gasteiger partial charge is 0.261 e. The molecule has 1 aliphatic rings. The summed E-state index contributed by atoms with van der Waals surface area (Å²) in [4.78, 5) is 28.5. The van der Waals surface area contributed by atoms with Crippen LogP contribution < -0.4 is 5.32 Å². The average Bonchev–Trinajstić information content (AvgIpc) is 3.36. The summed E-state index contributed by atoms with van der Waals surface area (Å²) in [7, 11) is 1.60. The van der Waals surface area contributed by atoms with Gasteiger partial charge in [0.25, 0.3) is 5.91 Å². The van der Waals surface area contributed by atoms with E-state index in [4.69, 9.17) is 4.74 Å². The van der Waals surface area contributed by atoms with Crippen LogP contribution in [0, 0.1) is 0 Å². The Kier molecular flexibility index (Phi) is 6.79. The van der Waals surface area contributed by atoms with E-state index >= 15 is 0 Å². The molecule has 27 heavy (non-hydrogen) atoms. The Labute approximate surface area is 163 Å². The lowest BCUT2D eigenvalue weighted by molar-refractivity contribution is -0.126. The van der Waals surface area contributed by atoms with Crippen LogP contribution in [0.25, 0.3) is 6.08 Å². The molecule has 1 aliphatic heterocycles. The fourth-order valence-corrected chi connectivity index (χ4v) is 4.23. The highest BCUT2D eigenvalue weighted by molar-refractivity contribution is 7.14. The lowest BCUT2D eigenvalue weighted by Crippen LogP contribution is -2.28. The van der Waals surface area contributed by atoms with Gasteiger partial charge in [-0.3, -0.25) is 9.59 Å². The van der Waals surface area contributed by atoms with Gasteiger partial charge in [0.2, 0.25) is 5.91 Å². The molecule has 0 unspecified atom stereocenters. The van der Waals surface area contributed by atoms with E-state index in [9.17, 15) is 9.59 Å². The van der Waals surface area contributed by atoms with E-state index in [0.29, 0.717) is 18.0 Å². The van der Waals surface area contributed by atoms with Crippen molar-refractivity contribution < 1.29 is 14.3 Å². The van der Waals surface area contributed by atoms with Crippen LogP contribution in [-0.2, 0) is 9.53 Å². The minimum atomic E-state index is -0.0943. The molecule has 1 aromatic carbocycles. The Bertz CT molecular complexity index is 801. The van der Waals surface area contributed by atoms with E-state index in [1.165, 1.54) is 11.3 Å². The summed E-state index contributed by atoms with van der Waals surface area (Å²) in [6.45, 7) is 1.72. The van der Waals surface area contributed by atoms with Gasteiger partial charge in [0.1, 0.15) is 0 Å². The molecule has 3 rings (SSSR count). The maximum atomic E-state index is 12.7. The third kappa shape index (κ3) is 5.05. The SMILES string of the molecule is COCCNC(=O)c1ccc([C@H]2CCCN2C(=O)/C=C/c2ccccc2)s1. The van der Waals surface area contributed by atoms with Crippen molar-refractivity contribution in [2.45, 2.75) is 18.9 Å². The van der Waals surface area contributed by atoms with Gasteiger partial charge in [0.15, 0.2) is 0 Å². The molecule has 2 heterocycles. The molecule has 142 valence electrons. The van der Waals surface area contributed by atoms with Crippen molar-refractivity contribution in [2.24, 2.45) is 0 Å². The van der Waals surface area contributed by atoms with Gasteiger partial charge in [-0.05, 0) is 36.6 Å². The Morgan fingerprint density at radius 3 is 2.85 bits per heavy atom. The number of methoxy groups -OCH3 is 1. The number of likely N-dealkylation sites (tertiary alicyclic amines) is 1. The lowest BCUT2D eigenvalue weighted by Gasteiger charge is -2.22. The van der Waals surface area contributed by atoms with Crippen LogP contribution in [-0.4, -0.2) is 43.5 Å². The van der Waals surface area contributed by atoms with Crippen molar-refractivity contribution in [3.8, 4) is 0 Å². The first kappa shape index (κ1) is 19.3. The molecule has 1 aromatic heterocycles. The summed E-state index contributed by atoms with van der Waals surface area (Å²) in [6.07, 6.45) is 5.39. The van der Waals surface area contributed by atoms with Crippen molar-refractivity contribution in [1.29, 1.82) is 0 Å². The highest BCUT2D eigenvalue weighted by Crippen LogP contribution is 2.36. The van der Waals surface area contributed by atoms with Crippen molar-refractivity contribution in [3.05, 3.63) is 63.9 Å². The second-order valence-electron chi connectivity index (χ2n) is 6.38. The van der Waals surface area contributed by atoms with Gasteiger partial charge in [-0.15, -0.1) is 11.3 Å². The molecule has 0 aliphatic carbocycles. The van der Waals surface area contributed by atoms with Crippen molar-refractivity contribution in [1.82, 2.24) is 10.2 Å². The molecule has 2 amide bonds. The molecule has 1 saturated heterocycles. The molecule has 1 atom stereocenters. The van der Waals surface area contributed by atoms with E-state index in [1.54, 1.807) is 13.2 Å². The Balaban J connectivity index is 1.65. The van der Waals surface area contributed by atoms with Crippen molar-refractivity contribution in [3.63, 3.8) is 0 Å². The number of hydrogen-bond donors (Lipinski definition) is 1. The topological polar surface area (TPSA) is 58.6 Å². The summed E-state index contributed by atoms with van der Waals surface area (Å²) >= 11 is 1.46. The predicted octanol–water partition coefficient (Wildman–Crippen LogP) is 3.50. The number of carbonyl (C=O) groups excluding carboxylic acids is 2. The minimum Gasteiger partial charge on any atom is -0.383 e. The van der Waals surface area contributed by atoms with Gasteiger partial charge in [0.05, 0.1) is 17.5 Å². The number of ether oxygens (including phenoxy) is 1. The maximum absolute atomic E-state index is 12.7. The zero-order valence-corrected chi connectivity index (χ0v) is 16.2. The maximum Gasteiger partial charge on any atom is 0.261 e. The number of thiophene rings is 1. The van der Waals surface area contributed by atoms with Crippen LogP contribution in [0.15, 0.2) is 48.5 Å². The first-order chi connectivity index (χ1) is 13.2. The van der Waals surface area contributed by atoms with Crippen LogP contribution in [0.2, 0.25) is 0 Å². The minimum absolute atomic E-state index is 0.0147. The van der Waals surface area contributed by atoms with E-state index in [-0.39, 0.29) is 17.9 Å². The number of amides is 2. The molecule has 1 N–H and O–H groups in total. The number of nitrogens with one attached hydrogen (secondary N) is 1. The molecule has 0 bridgehead atoms. The fraction of sp³-hybridized carbons (Fsp3) is 0.333. The zero-order valence-electron chi connectivity index (χ0n) is 15.4. The van der Waals surface area contributed by atoms with Gasteiger partial charge in [0, 0.05) is 31.2 Å². The Morgan fingerprint density at radius 1 is 1.26 bits per heavy atom. The first-order valence-corrected chi connectivity index (χ1v) is 9.91. The van der Waals surface area contributed by atoms with Crippen LogP contribution in [0.3, 0.4) is 0 Å². The molecule has 1 fully saturated rings. The summed E-state index contributed by atoms with van der Waals surface area (Å²) in [5.74, 6) is -0.0796. The molecule has 6 heteroatoms. The largest absolute Gasteiger partial charge is 0.383 e. The summed E-state index contributed by atoms with van der Waals surface area (Å²) in [5.41, 5.74) is 1.01. The molecular weight excluding hydrogens is 360 g/mol. The van der Waals surface area contributed by atoms with Crippen LogP contribution in [0.1, 0.15) is 39.0 Å². The lowest BCUT2D eigenvalue weighted by atomic mass is 10.1. The van der Waals surface area contributed by atoms with Gasteiger partial charge < -0.3 is 15.0 Å². The van der Waals surface area contributed by atoms with Gasteiger partial charge >= 0.3 is 0 Å². The second-order valence-corrected chi connectivity index (χ2v) is 7.50. The summed E-state index contributed by atoms with van der Waals surface area (Å²) in [5, 5.41) is 2.83. The van der Waals surface area contributed by atoms with E-state index in [1.807, 2.05) is 53.4 Å². The number of nitrogens with zero attached hydrogens (tertiary/aromatic N) is 1. The molecule has 5 nitrogen and oxygen atoms in total. The van der Waals surface area contributed by atoms with Gasteiger partial charge in [-0.2, -0.15) is 0 Å². The Hall–Kier alpha value is -2.44. The first-order valence-electron chi connectivity index (χ1n) is 9.09. The van der Waals surface area contributed by atoms with E-state index in [0.717, 1.165) is 29.8 Å². The number of rotatable bonds is 7. The third-order valence-electron chi connectivity index (χ3n) is 4.52. The monoisotopic (exact) mass is 384 g/mol. The van der Waals surface area contributed by atoms with Crippen molar-refractivity contribution >= 4 is 29.2 Å². The molecule has 0 spiro atoms. The molecule has 2 aromatic rings. The van der Waals surface area contributed by atoms with E-state index < -0.39 is 0 Å². The quantitative estimate of drug-likeness (QED) is 0.587. The normalized spacial score (nSPS) is 16.8. The predicted molar refractivity (Wildman–Crippen MR) is 108 cm³/mol. The zero-order chi connectivity index (χ0) is 19.1. The number of hydrogen-bond acceptors (Lipinski definition) is 4. The molecule has 0 saturated carbocycles. The van der Waals surface area contributed by atoms with Crippen molar-refractivity contribution in [2.75, 3.05) is 26.8 Å². The van der Waals surface area contributed by atoms with Crippen LogP contribution >= 0.6 is 11.3 Å². The molecule has 0 radical (unpaired) electrons. The highest BCUT2D eigenvalue weighted by Gasteiger charge is 2.30. The second kappa shape index (κ2) is 9.48. The van der Waals surface area contributed by atoms with Gasteiger partial charge in [-0.1, -0.05) is 30.3 Å².